The first-order valence-electron chi connectivity index (χ1n) is 10.1. The number of aryl methyl sites for hydroxylation is 1. The summed E-state index contributed by atoms with van der Waals surface area (Å²) in [7, 11) is 0. The van der Waals surface area contributed by atoms with Crippen molar-refractivity contribution in [2.24, 2.45) is 0 Å². The standard InChI is InChI=1S/C25H21N3O3S/c1-17-23(32-24(27-17)21-13-7-8-14-26-21)25(30)31-16-22(29)28-20-12-6-5-11-19(20)15-18-9-3-2-4-10-18/h2-14H,15-16H2,1H3,(H,28,29). The molecule has 0 saturated carbocycles. The van der Waals surface area contributed by atoms with Gasteiger partial charge >= 0.3 is 5.97 Å². The lowest BCUT2D eigenvalue weighted by Gasteiger charge is -2.11. The molecule has 0 aliphatic rings. The molecule has 0 unspecified atom stereocenters. The molecular weight excluding hydrogens is 422 g/mol. The minimum atomic E-state index is -0.574. The number of thiazole rings is 1. The van der Waals surface area contributed by atoms with Crippen LogP contribution in [-0.2, 0) is 16.0 Å². The van der Waals surface area contributed by atoms with Gasteiger partial charge in [-0.05, 0) is 42.7 Å². The fourth-order valence-electron chi connectivity index (χ4n) is 3.18. The van der Waals surface area contributed by atoms with Crippen LogP contribution in [0.5, 0.6) is 0 Å². The Morgan fingerprint density at radius 1 is 0.969 bits per heavy atom. The Hall–Kier alpha value is -3.84. The molecule has 1 amide bonds. The van der Waals surface area contributed by atoms with E-state index in [2.05, 4.69) is 15.3 Å². The van der Waals surface area contributed by atoms with E-state index >= 15 is 0 Å². The summed E-state index contributed by atoms with van der Waals surface area (Å²) in [6.45, 7) is 1.36. The number of nitrogens with zero attached hydrogens (tertiary/aromatic N) is 2. The van der Waals surface area contributed by atoms with Gasteiger partial charge in [0.05, 0.1) is 11.4 Å². The van der Waals surface area contributed by atoms with Crippen LogP contribution in [0.3, 0.4) is 0 Å². The van der Waals surface area contributed by atoms with Crippen LogP contribution in [0.4, 0.5) is 5.69 Å². The van der Waals surface area contributed by atoms with Gasteiger partial charge in [-0.2, -0.15) is 0 Å². The first kappa shape index (κ1) is 21.4. The molecule has 4 rings (SSSR count). The number of aromatic nitrogens is 2. The van der Waals surface area contributed by atoms with Crippen molar-refractivity contribution in [3.8, 4) is 10.7 Å². The molecule has 1 N–H and O–H groups in total. The van der Waals surface area contributed by atoms with Gasteiger partial charge < -0.3 is 10.1 Å². The second-order valence-electron chi connectivity index (χ2n) is 7.09. The second kappa shape index (κ2) is 9.98. The number of esters is 1. The summed E-state index contributed by atoms with van der Waals surface area (Å²) in [4.78, 5) is 34.0. The molecule has 0 radical (unpaired) electrons. The Morgan fingerprint density at radius 2 is 1.72 bits per heavy atom. The summed E-state index contributed by atoms with van der Waals surface area (Å²) >= 11 is 1.20. The molecule has 0 fully saturated rings. The number of hydrogen-bond acceptors (Lipinski definition) is 6. The number of anilines is 1. The van der Waals surface area contributed by atoms with Crippen LogP contribution < -0.4 is 5.32 Å². The summed E-state index contributed by atoms with van der Waals surface area (Å²) < 4.78 is 5.25. The van der Waals surface area contributed by atoms with Crippen molar-refractivity contribution in [1.82, 2.24) is 9.97 Å². The van der Waals surface area contributed by atoms with Crippen LogP contribution in [0.1, 0.15) is 26.5 Å². The van der Waals surface area contributed by atoms with Crippen molar-refractivity contribution in [2.45, 2.75) is 13.3 Å². The number of amides is 1. The highest BCUT2D eigenvalue weighted by molar-refractivity contribution is 7.17. The Kier molecular flexibility index (Phi) is 6.67. The summed E-state index contributed by atoms with van der Waals surface area (Å²) in [5, 5.41) is 3.48. The van der Waals surface area contributed by atoms with Gasteiger partial charge in [-0.1, -0.05) is 54.6 Å². The zero-order valence-corrected chi connectivity index (χ0v) is 18.3. The van der Waals surface area contributed by atoms with E-state index < -0.39 is 11.9 Å². The van der Waals surface area contributed by atoms with E-state index in [1.807, 2.05) is 72.8 Å². The fourth-order valence-corrected chi connectivity index (χ4v) is 4.12. The predicted molar refractivity (Wildman–Crippen MR) is 125 cm³/mol. The quantitative estimate of drug-likeness (QED) is 0.411. The van der Waals surface area contributed by atoms with Gasteiger partial charge in [0.2, 0.25) is 0 Å². The first-order valence-corrected chi connectivity index (χ1v) is 10.9. The number of carbonyl (C=O) groups excluding carboxylic acids is 2. The monoisotopic (exact) mass is 443 g/mol. The highest BCUT2D eigenvalue weighted by Gasteiger charge is 2.19. The molecule has 0 saturated heterocycles. The van der Waals surface area contributed by atoms with Crippen LogP contribution in [0.25, 0.3) is 10.7 Å². The molecule has 2 heterocycles. The number of ether oxygens (including phenoxy) is 1. The molecule has 32 heavy (non-hydrogen) atoms. The molecule has 7 heteroatoms. The largest absolute Gasteiger partial charge is 0.451 e. The van der Waals surface area contributed by atoms with E-state index in [0.29, 0.717) is 33.4 Å². The van der Waals surface area contributed by atoms with Crippen LogP contribution in [-0.4, -0.2) is 28.5 Å². The minimum absolute atomic E-state index is 0.364. The molecule has 4 aromatic rings. The van der Waals surface area contributed by atoms with Crippen molar-refractivity contribution < 1.29 is 14.3 Å². The van der Waals surface area contributed by atoms with Crippen molar-refractivity contribution in [2.75, 3.05) is 11.9 Å². The first-order chi connectivity index (χ1) is 15.6. The van der Waals surface area contributed by atoms with Gasteiger partial charge in [0.25, 0.3) is 5.91 Å². The van der Waals surface area contributed by atoms with Crippen LogP contribution >= 0.6 is 11.3 Å². The zero-order chi connectivity index (χ0) is 22.3. The van der Waals surface area contributed by atoms with E-state index in [4.69, 9.17) is 4.74 Å². The van der Waals surface area contributed by atoms with Gasteiger partial charge in [0.1, 0.15) is 9.88 Å². The number of nitrogens with one attached hydrogen (secondary N) is 1. The third-order valence-corrected chi connectivity index (χ3v) is 5.89. The van der Waals surface area contributed by atoms with Crippen molar-refractivity contribution in [1.29, 1.82) is 0 Å². The van der Waals surface area contributed by atoms with Crippen molar-refractivity contribution >= 4 is 28.9 Å². The number of carbonyl (C=O) groups is 2. The third-order valence-electron chi connectivity index (χ3n) is 4.73. The highest BCUT2D eigenvalue weighted by Crippen LogP contribution is 2.27. The lowest BCUT2D eigenvalue weighted by molar-refractivity contribution is -0.119. The Balaban J connectivity index is 1.38. The Bertz CT molecular complexity index is 1220. The lowest BCUT2D eigenvalue weighted by atomic mass is 10.0. The van der Waals surface area contributed by atoms with Gasteiger partial charge in [-0.3, -0.25) is 9.78 Å². The fraction of sp³-hybridized carbons (Fsp3) is 0.120. The van der Waals surface area contributed by atoms with Gasteiger partial charge in [-0.25, -0.2) is 9.78 Å². The van der Waals surface area contributed by atoms with Crippen molar-refractivity contribution in [3.05, 3.63) is 101 Å². The topological polar surface area (TPSA) is 81.2 Å². The maximum absolute atomic E-state index is 12.5. The van der Waals surface area contributed by atoms with E-state index in [0.717, 1.165) is 11.1 Å². The average molecular weight is 444 g/mol. The Labute approximate surface area is 189 Å². The molecule has 0 aliphatic heterocycles. The normalized spacial score (nSPS) is 10.5. The summed E-state index contributed by atoms with van der Waals surface area (Å²) in [5.74, 6) is -0.971. The molecule has 0 atom stereocenters. The maximum Gasteiger partial charge on any atom is 0.350 e. The lowest BCUT2D eigenvalue weighted by Crippen LogP contribution is -2.21. The SMILES string of the molecule is Cc1nc(-c2ccccn2)sc1C(=O)OCC(=O)Nc1ccccc1Cc1ccccc1. The van der Waals surface area contributed by atoms with E-state index in [1.54, 1.807) is 13.1 Å². The molecule has 2 aromatic carbocycles. The number of para-hydroxylation sites is 1. The molecular formula is C25H21N3O3S. The number of hydrogen-bond donors (Lipinski definition) is 1. The summed E-state index contributed by atoms with van der Waals surface area (Å²) in [6, 6.07) is 23.1. The summed E-state index contributed by atoms with van der Waals surface area (Å²) in [5.41, 5.74) is 4.06. The molecule has 0 aliphatic carbocycles. The molecule has 6 nitrogen and oxygen atoms in total. The third kappa shape index (κ3) is 5.25. The highest BCUT2D eigenvalue weighted by atomic mass is 32.1. The number of benzene rings is 2. The maximum atomic E-state index is 12.5. The molecule has 2 aromatic heterocycles. The van der Waals surface area contributed by atoms with E-state index in [9.17, 15) is 9.59 Å². The average Bonchev–Trinajstić information content (AvgIpc) is 3.22. The van der Waals surface area contributed by atoms with Crippen molar-refractivity contribution in [3.63, 3.8) is 0 Å². The van der Waals surface area contributed by atoms with Gasteiger partial charge in [-0.15, -0.1) is 11.3 Å². The van der Waals surface area contributed by atoms with E-state index in [-0.39, 0.29) is 6.61 Å². The number of pyridine rings is 1. The predicted octanol–water partition coefficient (Wildman–Crippen LogP) is 4.90. The van der Waals surface area contributed by atoms with Crippen LogP contribution in [0, 0.1) is 6.92 Å². The van der Waals surface area contributed by atoms with Crippen LogP contribution in [0.15, 0.2) is 79.0 Å². The molecule has 0 bridgehead atoms. The second-order valence-corrected chi connectivity index (χ2v) is 8.09. The number of rotatable bonds is 7. The molecule has 0 spiro atoms. The summed E-state index contributed by atoms with van der Waals surface area (Å²) in [6.07, 6.45) is 2.36. The Morgan fingerprint density at radius 3 is 2.50 bits per heavy atom. The molecule has 160 valence electrons. The minimum Gasteiger partial charge on any atom is -0.451 e. The zero-order valence-electron chi connectivity index (χ0n) is 17.4. The van der Waals surface area contributed by atoms with Crippen LogP contribution in [0.2, 0.25) is 0 Å². The van der Waals surface area contributed by atoms with Gasteiger partial charge in [0, 0.05) is 11.9 Å². The van der Waals surface area contributed by atoms with Gasteiger partial charge in [0.15, 0.2) is 6.61 Å². The smallest absolute Gasteiger partial charge is 0.350 e. The van der Waals surface area contributed by atoms with E-state index in [1.165, 1.54) is 11.3 Å².